The van der Waals surface area contributed by atoms with Gasteiger partial charge in [0.25, 0.3) is 0 Å². The molecule has 2 unspecified atom stereocenters. The summed E-state index contributed by atoms with van der Waals surface area (Å²) in [5.41, 5.74) is 0. The van der Waals surface area contributed by atoms with Crippen molar-refractivity contribution in [2.24, 2.45) is 16.8 Å². The van der Waals surface area contributed by atoms with E-state index in [4.69, 9.17) is 4.99 Å². The van der Waals surface area contributed by atoms with E-state index < -0.39 is 12.7 Å². The van der Waals surface area contributed by atoms with Crippen LogP contribution in [0.2, 0.25) is 0 Å². The predicted octanol–water partition coefficient (Wildman–Crippen LogP) is 3.40. The Morgan fingerprint density at radius 2 is 1.97 bits per heavy atom. The lowest BCUT2D eigenvalue weighted by atomic mass is 9.93. The van der Waals surface area contributed by atoms with Gasteiger partial charge >= 0.3 is 6.18 Å². The molecule has 2 aliphatic rings. The van der Waals surface area contributed by atoms with Crippen LogP contribution >= 0.6 is 0 Å². The molecule has 0 radical (unpaired) electrons. The number of hydrogen-bond donors (Lipinski definition) is 1. The molecule has 9 heteroatoms. The molecule has 3 heterocycles. The molecule has 1 aromatic rings. The Labute approximate surface area is 177 Å². The van der Waals surface area contributed by atoms with E-state index in [-0.39, 0.29) is 0 Å². The summed E-state index contributed by atoms with van der Waals surface area (Å²) in [5.74, 6) is 1.99. The lowest BCUT2D eigenvalue weighted by Gasteiger charge is -2.39. The van der Waals surface area contributed by atoms with Crippen molar-refractivity contribution in [3.63, 3.8) is 0 Å². The summed E-state index contributed by atoms with van der Waals surface area (Å²) in [4.78, 5) is 12.9. The third-order valence-corrected chi connectivity index (χ3v) is 6.37. The summed E-state index contributed by atoms with van der Waals surface area (Å²) >= 11 is 0. The molecular weight excluding hydrogens is 393 g/mol. The summed E-state index contributed by atoms with van der Waals surface area (Å²) in [7, 11) is 0. The smallest absolute Gasteiger partial charge is 0.357 e. The fourth-order valence-electron chi connectivity index (χ4n) is 4.56. The van der Waals surface area contributed by atoms with Gasteiger partial charge in [0.1, 0.15) is 0 Å². The second-order valence-corrected chi connectivity index (χ2v) is 8.65. The minimum atomic E-state index is -4.10. The largest absolute Gasteiger partial charge is 0.401 e. The number of hydrogen-bond acceptors (Lipinski definition) is 3. The maximum absolute atomic E-state index is 12.5. The third-order valence-electron chi connectivity index (χ3n) is 6.37. The van der Waals surface area contributed by atoms with Crippen LogP contribution in [0.3, 0.4) is 0 Å². The molecule has 0 spiro atoms. The SMILES string of the molecule is CCNC(=NCCC1CCN(CC(F)(F)F)CC1)N1CCC(C)C(n2ccnc2)C1. The molecule has 0 saturated carbocycles. The quantitative estimate of drug-likeness (QED) is 0.557. The zero-order chi connectivity index (χ0) is 21.6. The molecule has 0 aromatic carbocycles. The molecule has 0 bridgehead atoms. The first kappa shape index (κ1) is 22.9. The Balaban J connectivity index is 1.50. The van der Waals surface area contributed by atoms with E-state index in [1.165, 1.54) is 4.90 Å². The van der Waals surface area contributed by atoms with Gasteiger partial charge in [0.2, 0.25) is 0 Å². The third kappa shape index (κ3) is 6.62. The first-order valence-electron chi connectivity index (χ1n) is 11.2. The maximum Gasteiger partial charge on any atom is 0.401 e. The van der Waals surface area contributed by atoms with E-state index in [0.717, 1.165) is 51.3 Å². The monoisotopic (exact) mass is 428 g/mol. The Hall–Kier alpha value is -1.77. The number of guanidine groups is 1. The molecule has 2 aliphatic heterocycles. The summed E-state index contributed by atoms with van der Waals surface area (Å²) < 4.78 is 39.8. The van der Waals surface area contributed by atoms with Crippen LogP contribution < -0.4 is 5.32 Å². The first-order valence-corrected chi connectivity index (χ1v) is 11.2. The van der Waals surface area contributed by atoms with Crippen molar-refractivity contribution in [3.8, 4) is 0 Å². The average Bonchev–Trinajstić information content (AvgIpc) is 3.22. The molecule has 30 heavy (non-hydrogen) atoms. The van der Waals surface area contributed by atoms with E-state index in [1.807, 2.05) is 18.7 Å². The predicted molar refractivity (Wildman–Crippen MR) is 112 cm³/mol. The minimum Gasteiger partial charge on any atom is -0.357 e. The molecule has 2 atom stereocenters. The number of nitrogens with one attached hydrogen (secondary N) is 1. The summed E-state index contributed by atoms with van der Waals surface area (Å²) in [6.07, 6.45) is 5.33. The number of likely N-dealkylation sites (tertiary alicyclic amines) is 2. The van der Waals surface area contributed by atoms with E-state index in [1.54, 1.807) is 0 Å². The summed E-state index contributed by atoms with van der Waals surface area (Å²) in [6.45, 7) is 8.06. The van der Waals surface area contributed by atoms with Gasteiger partial charge in [-0.25, -0.2) is 4.98 Å². The summed E-state index contributed by atoms with van der Waals surface area (Å²) in [5, 5.41) is 3.42. The Kier molecular flexibility index (Phi) is 8.02. The highest BCUT2D eigenvalue weighted by molar-refractivity contribution is 5.80. The number of imidazole rings is 1. The molecule has 1 aromatic heterocycles. The molecule has 3 rings (SSSR count). The van der Waals surface area contributed by atoms with Crippen LogP contribution in [0.15, 0.2) is 23.7 Å². The van der Waals surface area contributed by atoms with Gasteiger partial charge in [-0.2, -0.15) is 13.2 Å². The van der Waals surface area contributed by atoms with Gasteiger partial charge in [0.05, 0.1) is 18.9 Å². The zero-order valence-corrected chi connectivity index (χ0v) is 18.1. The lowest BCUT2D eigenvalue weighted by Crippen LogP contribution is -2.49. The van der Waals surface area contributed by atoms with Crippen molar-refractivity contribution >= 4 is 5.96 Å². The molecule has 2 fully saturated rings. The minimum absolute atomic E-state index is 0.378. The Morgan fingerprint density at radius 3 is 2.60 bits per heavy atom. The van der Waals surface area contributed by atoms with Crippen molar-refractivity contribution in [2.75, 3.05) is 45.8 Å². The average molecular weight is 429 g/mol. The van der Waals surface area contributed by atoms with E-state index >= 15 is 0 Å². The van der Waals surface area contributed by atoms with Crippen LogP contribution in [0.5, 0.6) is 0 Å². The number of aliphatic imine (C=N–C) groups is 1. The highest BCUT2D eigenvalue weighted by atomic mass is 19.4. The van der Waals surface area contributed by atoms with Gasteiger partial charge in [-0.1, -0.05) is 6.92 Å². The number of halogens is 3. The van der Waals surface area contributed by atoms with Gasteiger partial charge in [-0.3, -0.25) is 9.89 Å². The number of alkyl halides is 3. The van der Waals surface area contributed by atoms with Gasteiger partial charge < -0.3 is 14.8 Å². The number of nitrogens with zero attached hydrogens (tertiary/aromatic N) is 5. The van der Waals surface area contributed by atoms with E-state index in [2.05, 4.69) is 33.6 Å². The van der Waals surface area contributed by atoms with Crippen molar-refractivity contribution < 1.29 is 13.2 Å². The van der Waals surface area contributed by atoms with Crippen LogP contribution in [-0.2, 0) is 0 Å². The van der Waals surface area contributed by atoms with E-state index in [9.17, 15) is 13.2 Å². The normalized spacial score (nSPS) is 25.0. The molecule has 1 N–H and O–H groups in total. The molecule has 0 amide bonds. The van der Waals surface area contributed by atoms with Crippen LogP contribution in [0.25, 0.3) is 0 Å². The second kappa shape index (κ2) is 10.5. The number of rotatable bonds is 6. The fourth-order valence-corrected chi connectivity index (χ4v) is 4.56. The topological polar surface area (TPSA) is 48.7 Å². The Morgan fingerprint density at radius 1 is 1.20 bits per heavy atom. The zero-order valence-electron chi connectivity index (χ0n) is 18.1. The lowest BCUT2D eigenvalue weighted by molar-refractivity contribution is -0.148. The maximum atomic E-state index is 12.5. The number of aromatic nitrogens is 2. The highest BCUT2D eigenvalue weighted by Crippen LogP contribution is 2.28. The van der Waals surface area contributed by atoms with Gasteiger partial charge in [0.15, 0.2) is 5.96 Å². The number of piperidine rings is 2. The molecule has 170 valence electrons. The van der Waals surface area contributed by atoms with Gasteiger partial charge in [0, 0.05) is 38.6 Å². The van der Waals surface area contributed by atoms with E-state index in [0.29, 0.717) is 37.5 Å². The molecular formula is C21H35F3N6. The highest BCUT2D eigenvalue weighted by Gasteiger charge is 2.32. The first-order chi connectivity index (χ1) is 14.4. The van der Waals surface area contributed by atoms with Crippen molar-refractivity contribution in [1.29, 1.82) is 0 Å². The molecule has 0 aliphatic carbocycles. The Bertz CT molecular complexity index is 652. The van der Waals surface area contributed by atoms with Gasteiger partial charge in [-0.15, -0.1) is 0 Å². The molecule has 2 saturated heterocycles. The van der Waals surface area contributed by atoms with Crippen LogP contribution in [0, 0.1) is 11.8 Å². The van der Waals surface area contributed by atoms with Crippen molar-refractivity contribution in [3.05, 3.63) is 18.7 Å². The summed E-state index contributed by atoms with van der Waals surface area (Å²) in [6, 6.07) is 0.378. The fraction of sp³-hybridized carbons (Fsp3) is 0.810. The standard InChI is InChI=1S/C21H35F3N6/c1-3-26-20(29-12-5-17(2)19(14-29)30-13-9-25-16-30)27-8-4-18-6-10-28(11-7-18)15-21(22,23)24/h9,13,16-19H,3-8,10-12,14-15H2,1-2H3,(H,26,27). The van der Waals surface area contributed by atoms with Crippen molar-refractivity contribution in [2.45, 2.75) is 51.7 Å². The van der Waals surface area contributed by atoms with Crippen LogP contribution in [-0.4, -0.2) is 77.3 Å². The van der Waals surface area contributed by atoms with Crippen LogP contribution in [0.1, 0.15) is 45.6 Å². The van der Waals surface area contributed by atoms with Crippen LogP contribution in [0.4, 0.5) is 13.2 Å². The second-order valence-electron chi connectivity index (χ2n) is 8.65. The molecule has 6 nitrogen and oxygen atoms in total. The van der Waals surface area contributed by atoms with Crippen molar-refractivity contribution in [1.82, 2.24) is 24.7 Å². The van der Waals surface area contributed by atoms with Gasteiger partial charge in [-0.05, 0) is 57.5 Å².